The number of thiophene rings is 1. The molecule has 0 aliphatic heterocycles. The van der Waals surface area contributed by atoms with Gasteiger partial charge in [0.25, 0.3) is 5.56 Å². The summed E-state index contributed by atoms with van der Waals surface area (Å²) in [6.07, 6.45) is 4.79. The lowest BCUT2D eigenvalue weighted by Gasteiger charge is -2.17. The third-order valence-corrected chi connectivity index (χ3v) is 6.82. The number of hydrogen-bond acceptors (Lipinski definition) is 5. The molecule has 1 atom stereocenters. The van der Waals surface area contributed by atoms with Crippen molar-refractivity contribution in [1.29, 1.82) is 0 Å². The second kappa shape index (κ2) is 6.84. The minimum absolute atomic E-state index is 0.0633. The van der Waals surface area contributed by atoms with Crippen LogP contribution in [0.1, 0.15) is 40.0 Å². The lowest BCUT2D eigenvalue weighted by Crippen LogP contribution is -2.16. The van der Waals surface area contributed by atoms with E-state index >= 15 is 0 Å². The first-order valence-corrected chi connectivity index (χ1v) is 10.6. The van der Waals surface area contributed by atoms with Crippen LogP contribution in [0.25, 0.3) is 21.1 Å². The maximum Gasteiger partial charge on any atom is 0.340 e. The molecule has 0 saturated heterocycles. The molecule has 1 N–H and O–H groups in total. The van der Waals surface area contributed by atoms with Gasteiger partial charge in [0.1, 0.15) is 17.3 Å². The van der Waals surface area contributed by atoms with Gasteiger partial charge in [0.2, 0.25) is 0 Å². The highest BCUT2D eigenvalue weighted by molar-refractivity contribution is 7.18. The van der Waals surface area contributed by atoms with Crippen LogP contribution < -0.4 is 5.56 Å². The summed E-state index contributed by atoms with van der Waals surface area (Å²) in [6.45, 7) is 2.18. The van der Waals surface area contributed by atoms with Crippen LogP contribution in [0.2, 0.25) is 0 Å². The van der Waals surface area contributed by atoms with Crippen molar-refractivity contribution in [3.63, 3.8) is 0 Å². The van der Waals surface area contributed by atoms with Gasteiger partial charge in [-0.3, -0.25) is 4.79 Å². The molecule has 0 amide bonds. The molecule has 29 heavy (non-hydrogen) atoms. The molecule has 1 aliphatic rings. The van der Waals surface area contributed by atoms with E-state index < -0.39 is 5.97 Å². The van der Waals surface area contributed by atoms with Gasteiger partial charge in [0, 0.05) is 29.0 Å². The van der Waals surface area contributed by atoms with Crippen molar-refractivity contribution in [2.75, 3.05) is 0 Å². The molecule has 0 fully saturated rings. The molecule has 4 aromatic rings. The largest absolute Gasteiger partial charge is 0.454 e. The summed E-state index contributed by atoms with van der Waals surface area (Å²) in [5.41, 5.74) is 2.48. The van der Waals surface area contributed by atoms with E-state index in [1.54, 1.807) is 17.5 Å². The van der Waals surface area contributed by atoms with Gasteiger partial charge in [-0.1, -0.05) is 25.1 Å². The molecule has 5 rings (SSSR count). The minimum Gasteiger partial charge on any atom is -0.454 e. The van der Waals surface area contributed by atoms with Crippen LogP contribution in [-0.2, 0) is 31.2 Å². The molecular weight excluding hydrogens is 386 g/mol. The summed E-state index contributed by atoms with van der Waals surface area (Å²) >= 11 is 1.59. The first kappa shape index (κ1) is 18.1. The van der Waals surface area contributed by atoms with Gasteiger partial charge < -0.3 is 14.3 Å². The van der Waals surface area contributed by atoms with Crippen LogP contribution >= 0.6 is 11.3 Å². The van der Waals surface area contributed by atoms with Gasteiger partial charge in [-0.05, 0) is 36.8 Å². The number of nitrogens with one attached hydrogen (secondary N) is 1. The zero-order valence-corrected chi connectivity index (χ0v) is 17.1. The third-order valence-electron chi connectivity index (χ3n) is 5.67. The van der Waals surface area contributed by atoms with E-state index in [0.717, 1.165) is 40.6 Å². The number of fused-ring (bicyclic) bond motifs is 4. The summed E-state index contributed by atoms with van der Waals surface area (Å²) in [6, 6.07) is 7.68. The van der Waals surface area contributed by atoms with Crippen LogP contribution in [0.5, 0.6) is 0 Å². The molecule has 148 valence electrons. The molecule has 0 radical (unpaired) electrons. The van der Waals surface area contributed by atoms with Crippen LogP contribution in [0, 0.1) is 5.92 Å². The van der Waals surface area contributed by atoms with Crippen LogP contribution in [0.3, 0.4) is 0 Å². The van der Waals surface area contributed by atoms with E-state index in [2.05, 4.69) is 16.9 Å². The van der Waals surface area contributed by atoms with E-state index in [1.807, 2.05) is 35.9 Å². The van der Waals surface area contributed by atoms with Gasteiger partial charge in [0.15, 0.2) is 0 Å². The van der Waals surface area contributed by atoms with Gasteiger partial charge >= 0.3 is 5.97 Å². The standard InChI is InChI=1S/C22H21N3O3S/c1-12-7-8-14-17(9-12)29-21-19(14)20(26)23-18(24-21)11-28-22(27)15-10-25(2)16-6-4-3-5-13(15)16/h3-6,10,12H,7-9,11H2,1-2H3,(H,23,24,26)/t12-/m0/s1. The molecule has 3 heterocycles. The highest BCUT2D eigenvalue weighted by Crippen LogP contribution is 2.35. The summed E-state index contributed by atoms with van der Waals surface area (Å²) in [5, 5.41) is 1.55. The fourth-order valence-electron chi connectivity index (χ4n) is 4.18. The highest BCUT2D eigenvalue weighted by Gasteiger charge is 2.23. The number of carbonyl (C=O) groups excluding carboxylic acids is 1. The average molecular weight is 407 g/mol. The van der Waals surface area contributed by atoms with Crippen molar-refractivity contribution in [2.24, 2.45) is 13.0 Å². The Morgan fingerprint density at radius 3 is 3.07 bits per heavy atom. The summed E-state index contributed by atoms with van der Waals surface area (Å²) in [4.78, 5) is 34.7. The van der Waals surface area contributed by atoms with E-state index in [9.17, 15) is 9.59 Å². The number of benzene rings is 1. The van der Waals surface area contributed by atoms with Crippen molar-refractivity contribution in [3.05, 3.63) is 62.6 Å². The Hall–Kier alpha value is -2.93. The Morgan fingerprint density at radius 1 is 1.38 bits per heavy atom. The maximum absolute atomic E-state index is 12.7. The minimum atomic E-state index is -0.427. The number of nitrogens with zero attached hydrogens (tertiary/aromatic N) is 2. The number of ether oxygens (including phenoxy) is 1. The summed E-state index contributed by atoms with van der Waals surface area (Å²) < 4.78 is 7.38. The van der Waals surface area contributed by atoms with Crippen LogP contribution in [-0.4, -0.2) is 20.5 Å². The summed E-state index contributed by atoms with van der Waals surface area (Å²) in [7, 11) is 1.89. The zero-order chi connectivity index (χ0) is 20.1. The molecule has 0 unspecified atom stereocenters. The first-order chi connectivity index (χ1) is 14.0. The molecule has 0 spiro atoms. The third kappa shape index (κ3) is 3.06. The number of esters is 1. The quantitative estimate of drug-likeness (QED) is 0.522. The van der Waals surface area contributed by atoms with Gasteiger partial charge in [-0.15, -0.1) is 11.3 Å². The molecule has 1 aromatic carbocycles. The number of rotatable bonds is 3. The van der Waals surface area contributed by atoms with Crippen LogP contribution in [0.4, 0.5) is 0 Å². The molecule has 0 saturated carbocycles. The number of para-hydroxylation sites is 1. The van der Waals surface area contributed by atoms with E-state index in [4.69, 9.17) is 4.74 Å². The molecule has 0 bridgehead atoms. The van der Waals surface area contributed by atoms with Crippen LogP contribution in [0.15, 0.2) is 35.3 Å². The van der Waals surface area contributed by atoms with Gasteiger partial charge in [-0.2, -0.15) is 0 Å². The molecule has 6 nitrogen and oxygen atoms in total. The Balaban J connectivity index is 1.42. The number of carbonyl (C=O) groups is 1. The monoisotopic (exact) mass is 407 g/mol. The van der Waals surface area contributed by atoms with Crippen molar-refractivity contribution in [1.82, 2.24) is 14.5 Å². The topological polar surface area (TPSA) is 77.0 Å². The Kier molecular flexibility index (Phi) is 4.28. The number of aryl methyl sites for hydroxylation is 2. The Bertz CT molecular complexity index is 1310. The smallest absolute Gasteiger partial charge is 0.340 e. The van der Waals surface area contributed by atoms with Crippen molar-refractivity contribution in [2.45, 2.75) is 32.8 Å². The van der Waals surface area contributed by atoms with Gasteiger partial charge in [-0.25, -0.2) is 9.78 Å². The lowest BCUT2D eigenvalue weighted by molar-refractivity contribution is 0.0464. The van der Waals surface area contributed by atoms with Crippen molar-refractivity contribution >= 4 is 38.4 Å². The fourth-order valence-corrected chi connectivity index (χ4v) is 5.58. The van der Waals surface area contributed by atoms with E-state index in [-0.39, 0.29) is 12.2 Å². The molecule has 1 aliphatic carbocycles. The Morgan fingerprint density at radius 2 is 2.21 bits per heavy atom. The maximum atomic E-state index is 12.7. The predicted molar refractivity (Wildman–Crippen MR) is 113 cm³/mol. The number of H-pyrrole nitrogens is 1. The second-order valence-corrected chi connectivity index (χ2v) is 8.88. The average Bonchev–Trinajstić information content (AvgIpc) is 3.24. The molecular formula is C22H21N3O3S. The summed E-state index contributed by atoms with van der Waals surface area (Å²) in [5.74, 6) is 0.586. The van der Waals surface area contributed by atoms with Crippen molar-refractivity contribution in [3.8, 4) is 0 Å². The SMILES string of the molecule is C[C@H]1CCc2c(sc3nc(COC(=O)c4cn(C)c5ccccc45)[nH]c(=O)c23)C1. The fraction of sp³-hybridized carbons (Fsp3) is 0.318. The number of hydrogen-bond donors (Lipinski definition) is 1. The molecule has 3 aromatic heterocycles. The van der Waals surface area contributed by atoms with Crippen molar-refractivity contribution < 1.29 is 9.53 Å². The second-order valence-electron chi connectivity index (χ2n) is 7.79. The zero-order valence-electron chi connectivity index (χ0n) is 16.3. The van der Waals surface area contributed by atoms with Gasteiger partial charge in [0.05, 0.1) is 10.9 Å². The highest BCUT2D eigenvalue weighted by atomic mass is 32.1. The molecule has 7 heteroatoms. The normalized spacial score (nSPS) is 16.3. The number of aromatic amines is 1. The number of aromatic nitrogens is 3. The van der Waals surface area contributed by atoms with E-state index in [0.29, 0.717) is 22.7 Å². The first-order valence-electron chi connectivity index (χ1n) is 9.76. The van der Waals surface area contributed by atoms with E-state index in [1.165, 1.54) is 4.88 Å². The Labute approximate surface area is 171 Å². The predicted octanol–water partition coefficient (Wildman–Crippen LogP) is 3.96. The lowest BCUT2D eigenvalue weighted by atomic mass is 9.89.